The van der Waals surface area contributed by atoms with Gasteiger partial charge < -0.3 is 11.1 Å². The zero-order valence-corrected chi connectivity index (χ0v) is 16.5. The number of aromatic nitrogens is 2. The average molecular weight is 405 g/mol. The second-order valence-corrected chi connectivity index (χ2v) is 6.62. The molecule has 0 radical (unpaired) electrons. The van der Waals surface area contributed by atoms with E-state index in [2.05, 4.69) is 10.4 Å². The Morgan fingerprint density at radius 1 is 1.22 bits per heavy atom. The highest BCUT2D eigenvalue weighted by molar-refractivity contribution is 6.30. The van der Waals surface area contributed by atoms with E-state index in [0.717, 1.165) is 11.1 Å². The lowest BCUT2D eigenvalue weighted by atomic mass is 10.1. The highest BCUT2D eigenvalue weighted by Gasteiger charge is 2.15. The molecule has 3 rings (SSSR count). The first-order valence-electron chi connectivity index (χ1n) is 8.40. The number of aryl methyl sites for hydroxylation is 1. The molecule has 1 unspecified atom stereocenters. The number of carbonyl (C=O) groups is 1. The van der Waals surface area contributed by atoms with Gasteiger partial charge in [0, 0.05) is 23.8 Å². The quantitative estimate of drug-likeness (QED) is 0.656. The summed E-state index contributed by atoms with van der Waals surface area (Å²) in [5.74, 6) is -0.175. The third-order valence-electron chi connectivity index (χ3n) is 4.13. The number of amides is 1. The van der Waals surface area contributed by atoms with E-state index in [-0.39, 0.29) is 24.4 Å². The number of hydrogen-bond donors (Lipinski definition) is 2. The molecule has 1 heterocycles. The van der Waals surface area contributed by atoms with E-state index in [9.17, 15) is 4.79 Å². The van der Waals surface area contributed by atoms with E-state index in [1.165, 1.54) is 0 Å². The van der Waals surface area contributed by atoms with Gasteiger partial charge in [-0.15, -0.1) is 12.4 Å². The molecule has 0 saturated heterocycles. The summed E-state index contributed by atoms with van der Waals surface area (Å²) in [6.07, 6.45) is 1.75. The number of nitrogens with one attached hydrogen (secondary N) is 1. The summed E-state index contributed by atoms with van der Waals surface area (Å²) >= 11 is 6.01. The van der Waals surface area contributed by atoms with Crippen LogP contribution in [0.5, 0.6) is 0 Å². The van der Waals surface area contributed by atoms with Crippen LogP contribution in [0.3, 0.4) is 0 Å². The van der Waals surface area contributed by atoms with Crippen LogP contribution in [-0.2, 0) is 6.54 Å². The molecule has 0 saturated carbocycles. The van der Waals surface area contributed by atoms with E-state index in [4.69, 9.17) is 17.3 Å². The van der Waals surface area contributed by atoms with Crippen molar-refractivity contribution in [2.24, 2.45) is 5.73 Å². The number of nitrogens with zero attached hydrogens (tertiary/aromatic N) is 2. The molecule has 1 amide bonds. The molecular formula is C20H22Cl2N4O. The molecule has 3 aromatic rings. The fourth-order valence-corrected chi connectivity index (χ4v) is 2.97. The van der Waals surface area contributed by atoms with E-state index in [1.54, 1.807) is 10.9 Å². The maximum atomic E-state index is 12.5. The van der Waals surface area contributed by atoms with Crippen molar-refractivity contribution in [3.63, 3.8) is 0 Å². The Labute approximate surface area is 169 Å². The monoisotopic (exact) mass is 404 g/mol. The summed E-state index contributed by atoms with van der Waals surface area (Å²) in [6.45, 7) is 2.74. The van der Waals surface area contributed by atoms with E-state index in [0.29, 0.717) is 29.4 Å². The summed E-state index contributed by atoms with van der Waals surface area (Å²) in [5.41, 5.74) is 9.37. The number of benzene rings is 2. The van der Waals surface area contributed by atoms with Crippen molar-refractivity contribution >= 4 is 29.9 Å². The molecule has 0 spiro atoms. The highest BCUT2D eigenvalue weighted by atomic mass is 35.5. The van der Waals surface area contributed by atoms with Gasteiger partial charge in [0.1, 0.15) is 0 Å². The minimum Gasteiger partial charge on any atom is -0.350 e. The average Bonchev–Trinajstić information content (AvgIpc) is 3.00. The highest BCUT2D eigenvalue weighted by Crippen LogP contribution is 2.14. The number of carbonyl (C=O) groups excluding carboxylic acids is 1. The van der Waals surface area contributed by atoms with Crippen LogP contribution in [0, 0.1) is 6.92 Å². The van der Waals surface area contributed by atoms with Gasteiger partial charge in [0.05, 0.1) is 17.8 Å². The van der Waals surface area contributed by atoms with Crippen molar-refractivity contribution < 1.29 is 4.79 Å². The topological polar surface area (TPSA) is 72.9 Å². The second-order valence-electron chi connectivity index (χ2n) is 6.18. The van der Waals surface area contributed by atoms with Gasteiger partial charge in [0.15, 0.2) is 0 Å². The molecule has 1 aromatic heterocycles. The molecule has 5 nitrogen and oxygen atoms in total. The Balaban J connectivity index is 0.00000261. The summed E-state index contributed by atoms with van der Waals surface area (Å²) < 4.78 is 1.74. The van der Waals surface area contributed by atoms with Crippen LogP contribution in [0.4, 0.5) is 0 Å². The maximum Gasteiger partial charge on any atom is 0.254 e. The largest absolute Gasteiger partial charge is 0.350 e. The first kappa shape index (κ1) is 21.0. The summed E-state index contributed by atoms with van der Waals surface area (Å²) in [5, 5.41) is 7.99. The van der Waals surface area contributed by atoms with E-state index >= 15 is 0 Å². The first-order valence-corrected chi connectivity index (χ1v) is 8.78. The van der Waals surface area contributed by atoms with Crippen LogP contribution in [0.2, 0.25) is 5.02 Å². The van der Waals surface area contributed by atoms with Crippen LogP contribution < -0.4 is 11.1 Å². The smallest absolute Gasteiger partial charge is 0.254 e. The molecule has 0 aliphatic carbocycles. The van der Waals surface area contributed by atoms with Gasteiger partial charge in [-0.1, -0.05) is 54.1 Å². The fraction of sp³-hybridized carbons (Fsp3) is 0.200. The van der Waals surface area contributed by atoms with Crippen LogP contribution in [0.25, 0.3) is 0 Å². The van der Waals surface area contributed by atoms with Gasteiger partial charge in [-0.3, -0.25) is 9.48 Å². The second kappa shape index (κ2) is 9.55. The van der Waals surface area contributed by atoms with Gasteiger partial charge in [0.2, 0.25) is 0 Å². The van der Waals surface area contributed by atoms with Gasteiger partial charge in [-0.25, -0.2) is 0 Å². The first-order chi connectivity index (χ1) is 12.5. The van der Waals surface area contributed by atoms with Crippen LogP contribution in [0.15, 0.2) is 60.8 Å². The lowest BCUT2D eigenvalue weighted by molar-refractivity contribution is 0.0950. The van der Waals surface area contributed by atoms with Gasteiger partial charge in [0.25, 0.3) is 5.91 Å². The Morgan fingerprint density at radius 3 is 2.67 bits per heavy atom. The normalized spacial score (nSPS) is 11.5. The molecule has 7 heteroatoms. The minimum absolute atomic E-state index is 0. The molecular weight excluding hydrogens is 383 g/mol. The molecule has 142 valence electrons. The number of hydrogen-bond acceptors (Lipinski definition) is 3. The fourth-order valence-electron chi connectivity index (χ4n) is 2.76. The van der Waals surface area contributed by atoms with Gasteiger partial charge in [-0.2, -0.15) is 5.10 Å². The lowest BCUT2D eigenvalue weighted by Crippen LogP contribution is -2.32. The minimum atomic E-state index is -0.248. The Bertz CT molecular complexity index is 896. The zero-order valence-electron chi connectivity index (χ0n) is 14.9. The number of nitrogens with two attached hydrogens (primary N) is 1. The lowest BCUT2D eigenvalue weighted by Gasteiger charge is -2.12. The van der Waals surface area contributed by atoms with Crippen molar-refractivity contribution in [2.75, 3.05) is 6.54 Å². The number of rotatable bonds is 6. The predicted octanol–water partition coefficient (Wildman–Crippen LogP) is 3.74. The van der Waals surface area contributed by atoms with E-state index < -0.39 is 0 Å². The van der Waals surface area contributed by atoms with Crippen LogP contribution in [-0.4, -0.2) is 22.2 Å². The summed E-state index contributed by atoms with van der Waals surface area (Å²) in [7, 11) is 0. The third-order valence-corrected chi connectivity index (χ3v) is 4.37. The molecule has 0 aliphatic rings. The molecule has 27 heavy (non-hydrogen) atoms. The van der Waals surface area contributed by atoms with Crippen molar-refractivity contribution in [1.82, 2.24) is 15.1 Å². The third kappa shape index (κ3) is 5.57. The molecule has 0 bridgehead atoms. The van der Waals surface area contributed by atoms with Crippen LogP contribution in [0.1, 0.15) is 33.2 Å². The summed E-state index contributed by atoms with van der Waals surface area (Å²) in [4.78, 5) is 12.5. The van der Waals surface area contributed by atoms with Crippen molar-refractivity contribution in [3.8, 4) is 0 Å². The van der Waals surface area contributed by atoms with E-state index in [1.807, 2.05) is 61.5 Å². The van der Waals surface area contributed by atoms with Crippen LogP contribution >= 0.6 is 24.0 Å². The zero-order chi connectivity index (χ0) is 18.5. The Hall–Kier alpha value is -2.34. The molecule has 0 fully saturated rings. The Morgan fingerprint density at radius 2 is 1.96 bits per heavy atom. The Kier molecular flexibility index (Phi) is 7.42. The molecule has 2 aromatic carbocycles. The maximum absolute atomic E-state index is 12.5. The predicted molar refractivity (Wildman–Crippen MR) is 110 cm³/mol. The number of halogens is 2. The van der Waals surface area contributed by atoms with Gasteiger partial charge >= 0.3 is 0 Å². The standard InChI is InChI=1S/C20H21ClN4O.ClH/c1-14-18(13-25(24-14)12-15-6-5-9-17(21)10-15)20(26)23-11-19(22)16-7-3-2-4-8-16;/h2-10,13,19H,11-12,22H2,1H3,(H,23,26);1H. The van der Waals surface area contributed by atoms with Crippen molar-refractivity contribution in [3.05, 3.63) is 88.2 Å². The molecule has 0 aliphatic heterocycles. The molecule has 3 N–H and O–H groups in total. The SMILES string of the molecule is Cc1nn(Cc2cccc(Cl)c2)cc1C(=O)NCC(N)c1ccccc1.Cl. The summed E-state index contributed by atoms with van der Waals surface area (Å²) in [6, 6.07) is 17.0. The van der Waals surface area contributed by atoms with Gasteiger partial charge in [-0.05, 0) is 30.2 Å². The van der Waals surface area contributed by atoms with Crippen molar-refractivity contribution in [1.29, 1.82) is 0 Å². The van der Waals surface area contributed by atoms with Crippen molar-refractivity contribution in [2.45, 2.75) is 19.5 Å². The molecule has 1 atom stereocenters.